The smallest absolute Gasteiger partial charge is 0.164 e. The molecule has 0 unspecified atom stereocenters. The monoisotopic (exact) mass is 802 g/mol. The fourth-order valence-electron chi connectivity index (χ4n) is 8.12. The van der Waals surface area contributed by atoms with Crippen LogP contribution in [0.5, 0.6) is 23.0 Å². The summed E-state index contributed by atoms with van der Waals surface area (Å²) in [5, 5.41) is 31.0. The van der Waals surface area contributed by atoms with Crippen LogP contribution in [0.3, 0.4) is 0 Å². The number of benzene rings is 4. The fourth-order valence-corrected chi connectivity index (χ4v) is 8.12. The third-order valence-corrected chi connectivity index (χ3v) is 11.3. The molecule has 4 heterocycles. The van der Waals surface area contributed by atoms with Crippen molar-refractivity contribution in [2.75, 3.05) is 11.5 Å². The first kappa shape index (κ1) is 38.6. The van der Waals surface area contributed by atoms with Gasteiger partial charge in [-0.15, -0.1) is 0 Å². The average Bonchev–Trinajstić information content (AvgIpc) is 3.87. The Balaban J connectivity index is 0.000000154. The standard InChI is InChI=1S/2C23H23N5O2/c2*24-22-20-21(15-6-12-19(13-7-15)30-18-4-2-1-3-5-18)27-28(23(20)26-14-25-22)16-8-10-17(29)11-9-16/h2*1-7,12-14,16-17,29H,8-11H2,(H2,24,25,26). The van der Waals surface area contributed by atoms with Gasteiger partial charge in [0.1, 0.15) is 58.7 Å². The van der Waals surface area contributed by atoms with Gasteiger partial charge in [-0.1, -0.05) is 36.4 Å². The molecule has 0 aliphatic heterocycles. The SMILES string of the molecule is Nc1ncnc2c1c(-c1ccc(Oc3ccccc3)cc1)nn2C1CCC(O)CC1.Nc1ncnc2c1c(-c1ccc(Oc3ccccc3)cc1)nn2C1CCC(O)CC1. The maximum Gasteiger partial charge on any atom is 0.164 e. The number of ether oxygens (including phenoxy) is 2. The molecule has 0 spiro atoms. The molecule has 60 heavy (non-hydrogen) atoms. The van der Waals surface area contributed by atoms with E-state index in [1.54, 1.807) is 0 Å². The Hall–Kier alpha value is -6.90. The van der Waals surface area contributed by atoms with Crippen molar-refractivity contribution in [1.29, 1.82) is 0 Å². The Morgan fingerprint density at radius 1 is 0.450 bits per heavy atom. The second-order valence-corrected chi connectivity index (χ2v) is 15.3. The number of rotatable bonds is 8. The predicted molar refractivity (Wildman–Crippen MR) is 230 cm³/mol. The largest absolute Gasteiger partial charge is 0.457 e. The number of fused-ring (bicyclic) bond motifs is 2. The minimum Gasteiger partial charge on any atom is -0.457 e. The highest BCUT2D eigenvalue weighted by atomic mass is 16.5. The van der Waals surface area contributed by atoms with Gasteiger partial charge in [-0.05, 0) is 124 Å². The van der Waals surface area contributed by atoms with Crippen LogP contribution < -0.4 is 20.9 Å². The number of nitrogens with two attached hydrogens (primary N) is 2. The van der Waals surface area contributed by atoms with Crippen molar-refractivity contribution in [3.63, 3.8) is 0 Å². The van der Waals surface area contributed by atoms with Crippen LogP contribution in [0.15, 0.2) is 122 Å². The van der Waals surface area contributed by atoms with Gasteiger partial charge in [0.25, 0.3) is 0 Å². The van der Waals surface area contributed by atoms with Crippen molar-refractivity contribution in [1.82, 2.24) is 39.5 Å². The zero-order valence-corrected chi connectivity index (χ0v) is 33.0. The molecule has 4 aromatic carbocycles. The van der Waals surface area contributed by atoms with E-state index < -0.39 is 0 Å². The van der Waals surface area contributed by atoms with Gasteiger partial charge >= 0.3 is 0 Å². The minimum atomic E-state index is -0.223. The number of nitrogens with zero attached hydrogens (tertiary/aromatic N) is 8. The minimum absolute atomic E-state index is 0.194. The van der Waals surface area contributed by atoms with Gasteiger partial charge in [0, 0.05) is 11.1 Å². The highest BCUT2D eigenvalue weighted by Crippen LogP contribution is 2.38. The van der Waals surface area contributed by atoms with Gasteiger partial charge in [0.05, 0.1) is 35.1 Å². The van der Waals surface area contributed by atoms with Gasteiger partial charge in [-0.3, -0.25) is 0 Å². The summed E-state index contributed by atoms with van der Waals surface area (Å²) < 4.78 is 15.7. The molecule has 2 fully saturated rings. The van der Waals surface area contributed by atoms with Crippen LogP contribution in [0.4, 0.5) is 11.6 Å². The molecule has 8 aromatic rings. The highest BCUT2D eigenvalue weighted by Gasteiger charge is 2.28. The number of hydrogen-bond acceptors (Lipinski definition) is 12. The maximum atomic E-state index is 9.86. The zero-order chi connectivity index (χ0) is 41.0. The van der Waals surface area contributed by atoms with Crippen LogP contribution in [0.25, 0.3) is 44.6 Å². The molecule has 2 aliphatic carbocycles. The summed E-state index contributed by atoms with van der Waals surface area (Å²) in [4.78, 5) is 17.3. The fraction of sp³-hybridized carbons (Fsp3) is 0.261. The van der Waals surface area contributed by atoms with Crippen molar-refractivity contribution in [3.8, 4) is 45.5 Å². The molecule has 2 saturated carbocycles. The van der Waals surface area contributed by atoms with E-state index in [2.05, 4.69) is 19.9 Å². The van der Waals surface area contributed by atoms with Crippen LogP contribution in [0.2, 0.25) is 0 Å². The van der Waals surface area contributed by atoms with Crippen molar-refractivity contribution in [2.24, 2.45) is 0 Å². The second-order valence-electron chi connectivity index (χ2n) is 15.3. The summed E-state index contributed by atoms with van der Waals surface area (Å²) in [5.74, 6) is 3.91. The number of anilines is 2. The van der Waals surface area contributed by atoms with Gasteiger partial charge in [0.2, 0.25) is 0 Å². The van der Waals surface area contributed by atoms with Crippen molar-refractivity contribution in [2.45, 2.75) is 75.7 Å². The van der Waals surface area contributed by atoms with Gasteiger partial charge in [0.15, 0.2) is 11.3 Å². The lowest BCUT2D eigenvalue weighted by molar-refractivity contribution is 0.108. The van der Waals surface area contributed by atoms with Crippen LogP contribution >= 0.6 is 0 Å². The average molecular weight is 803 g/mol. The van der Waals surface area contributed by atoms with Gasteiger partial charge < -0.3 is 31.2 Å². The molecule has 0 bridgehead atoms. The summed E-state index contributed by atoms with van der Waals surface area (Å²) in [6.45, 7) is 0. The van der Waals surface area contributed by atoms with E-state index in [4.69, 9.17) is 31.1 Å². The lowest BCUT2D eigenvalue weighted by Crippen LogP contribution is -2.22. The summed E-state index contributed by atoms with van der Waals surface area (Å²) in [6, 6.07) is 35.3. The number of aliphatic hydroxyl groups excluding tert-OH is 2. The van der Waals surface area contributed by atoms with Crippen molar-refractivity contribution in [3.05, 3.63) is 122 Å². The molecule has 0 radical (unpaired) electrons. The Bertz CT molecular complexity index is 2490. The Kier molecular flexibility index (Phi) is 11.0. The summed E-state index contributed by atoms with van der Waals surface area (Å²) >= 11 is 0. The third kappa shape index (κ3) is 8.20. The molecule has 2 aliphatic rings. The molecule has 0 saturated heterocycles. The summed E-state index contributed by atoms with van der Waals surface area (Å²) in [5.41, 5.74) is 17.3. The predicted octanol–water partition coefficient (Wildman–Crippen LogP) is 8.69. The first-order valence-electron chi connectivity index (χ1n) is 20.4. The molecule has 6 N–H and O–H groups in total. The number of aromatic nitrogens is 8. The van der Waals surface area contributed by atoms with E-state index in [0.29, 0.717) is 11.6 Å². The molecular formula is C46H46N10O4. The molecule has 0 atom stereocenters. The molecular weight excluding hydrogens is 757 g/mol. The number of nitrogen functional groups attached to an aromatic ring is 2. The molecule has 4 aromatic heterocycles. The second kappa shape index (κ2) is 17.1. The quantitative estimate of drug-likeness (QED) is 0.114. The van der Waals surface area contributed by atoms with Crippen molar-refractivity contribution >= 4 is 33.7 Å². The van der Waals surface area contributed by atoms with E-state index in [1.807, 2.05) is 119 Å². The Labute approximate surface area is 346 Å². The summed E-state index contributed by atoms with van der Waals surface area (Å²) in [6.07, 6.45) is 9.06. The third-order valence-electron chi connectivity index (χ3n) is 11.3. The molecule has 0 amide bonds. The molecule has 304 valence electrons. The van der Waals surface area contributed by atoms with E-state index in [0.717, 1.165) is 119 Å². The van der Waals surface area contributed by atoms with Crippen LogP contribution in [-0.2, 0) is 0 Å². The number of hydrogen-bond donors (Lipinski definition) is 4. The number of aliphatic hydroxyl groups is 2. The van der Waals surface area contributed by atoms with E-state index >= 15 is 0 Å². The highest BCUT2D eigenvalue weighted by molar-refractivity contribution is 5.99. The molecule has 14 heteroatoms. The lowest BCUT2D eigenvalue weighted by atomic mass is 9.93. The number of para-hydroxylation sites is 2. The topological polar surface area (TPSA) is 198 Å². The van der Waals surface area contributed by atoms with Gasteiger partial charge in [-0.25, -0.2) is 29.3 Å². The van der Waals surface area contributed by atoms with E-state index in [9.17, 15) is 10.2 Å². The van der Waals surface area contributed by atoms with Gasteiger partial charge in [-0.2, -0.15) is 10.2 Å². The van der Waals surface area contributed by atoms with Crippen molar-refractivity contribution < 1.29 is 19.7 Å². The lowest BCUT2D eigenvalue weighted by Gasteiger charge is -2.25. The first-order chi connectivity index (χ1) is 29.4. The van der Waals surface area contributed by atoms with Crippen LogP contribution in [-0.4, -0.2) is 61.9 Å². The van der Waals surface area contributed by atoms with E-state index in [1.165, 1.54) is 12.7 Å². The summed E-state index contributed by atoms with van der Waals surface area (Å²) in [7, 11) is 0. The van der Waals surface area contributed by atoms with Crippen LogP contribution in [0, 0.1) is 0 Å². The first-order valence-corrected chi connectivity index (χ1v) is 20.4. The zero-order valence-electron chi connectivity index (χ0n) is 33.0. The maximum absolute atomic E-state index is 9.86. The van der Waals surface area contributed by atoms with E-state index in [-0.39, 0.29) is 24.3 Å². The van der Waals surface area contributed by atoms with Crippen LogP contribution in [0.1, 0.15) is 63.5 Å². The Morgan fingerprint density at radius 2 is 0.800 bits per heavy atom. The molecule has 14 nitrogen and oxygen atoms in total. The molecule has 10 rings (SSSR count). The Morgan fingerprint density at radius 3 is 1.17 bits per heavy atom. The normalized spacial score (nSPS) is 19.1.